The van der Waals surface area contributed by atoms with E-state index in [1.54, 1.807) is 13.8 Å². The van der Waals surface area contributed by atoms with Crippen molar-refractivity contribution in [2.24, 2.45) is 11.8 Å². The summed E-state index contributed by atoms with van der Waals surface area (Å²) in [6, 6.07) is 2.77. The smallest absolute Gasteiger partial charge is 0.350 e. The third-order valence-electron chi connectivity index (χ3n) is 6.19. The Morgan fingerprint density at radius 2 is 2.09 bits per heavy atom. The fourth-order valence-electron chi connectivity index (χ4n) is 4.27. The van der Waals surface area contributed by atoms with E-state index in [1.807, 2.05) is 0 Å². The van der Waals surface area contributed by atoms with E-state index in [0.29, 0.717) is 41.1 Å². The zero-order chi connectivity index (χ0) is 25.3. The van der Waals surface area contributed by atoms with E-state index < -0.39 is 11.8 Å². The number of H-pyrrole nitrogens is 1. The number of nitrogens with zero attached hydrogens (tertiary/aromatic N) is 3. The van der Waals surface area contributed by atoms with Gasteiger partial charge in [-0.15, -0.1) is 0 Å². The molecule has 1 saturated heterocycles. The number of aromatic nitrogens is 3. The maximum absolute atomic E-state index is 14.5. The van der Waals surface area contributed by atoms with Crippen LogP contribution in [0.3, 0.4) is 0 Å². The third-order valence-corrected chi connectivity index (χ3v) is 8.24. The second-order valence-electron chi connectivity index (χ2n) is 8.58. The van der Waals surface area contributed by atoms with Gasteiger partial charge in [-0.05, 0) is 44.2 Å². The minimum atomic E-state index is -0.557. The number of aromatic amines is 1. The lowest BCUT2D eigenvalue weighted by Crippen LogP contribution is -2.40. The first-order chi connectivity index (χ1) is 16.7. The van der Waals surface area contributed by atoms with Crippen LogP contribution < -0.4 is 4.90 Å². The number of piperidine rings is 1. The minimum Gasteiger partial charge on any atom is -0.462 e. The molecule has 35 heavy (non-hydrogen) atoms. The molecule has 3 aromatic rings. The fourth-order valence-corrected chi connectivity index (χ4v) is 5.71. The highest BCUT2D eigenvalue weighted by Gasteiger charge is 2.32. The summed E-state index contributed by atoms with van der Waals surface area (Å²) in [5.41, 5.74) is 1.22. The second kappa shape index (κ2) is 10.6. The van der Waals surface area contributed by atoms with Crippen molar-refractivity contribution < 1.29 is 18.7 Å². The minimum absolute atomic E-state index is 0.0170. The van der Waals surface area contributed by atoms with Gasteiger partial charge in [-0.25, -0.2) is 14.2 Å². The second-order valence-corrected chi connectivity index (χ2v) is 10.3. The van der Waals surface area contributed by atoms with Crippen LogP contribution in [-0.4, -0.2) is 46.4 Å². The number of nitrogens with one attached hydrogen (secondary N) is 1. The summed E-state index contributed by atoms with van der Waals surface area (Å²) in [4.78, 5) is 39.4. The van der Waals surface area contributed by atoms with Gasteiger partial charge in [-0.2, -0.15) is 0 Å². The Balaban J connectivity index is 1.52. The van der Waals surface area contributed by atoms with E-state index in [2.05, 4.69) is 26.8 Å². The zero-order valence-electron chi connectivity index (χ0n) is 19.5. The number of hydrogen-bond donors (Lipinski definition) is 1. The Hall–Kier alpha value is -2.49. The summed E-state index contributed by atoms with van der Waals surface area (Å²) in [6.07, 6.45) is 2.56. The number of ether oxygens (including phenoxy) is 1. The van der Waals surface area contributed by atoms with Gasteiger partial charge >= 0.3 is 5.97 Å². The number of rotatable bonds is 7. The molecule has 0 spiro atoms. The summed E-state index contributed by atoms with van der Waals surface area (Å²) < 4.78 is 19.6. The number of carbonyl (C=O) groups excluding carboxylic acids is 2. The van der Waals surface area contributed by atoms with Crippen molar-refractivity contribution in [2.45, 2.75) is 33.6 Å². The molecule has 7 nitrogen and oxygen atoms in total. The van der Waals surface area contributed by atoms with Crippen LogP contribution in [0.5, 0.6) is 0 Å². The van der Waals surface area contributed by atoms with E-state index in [0.717, 1.165) is 6.42 Å². The van der Waals surface area contributed by atoms with E-state index in [4.69, 9.17) is 27.9 Å². The van der Waals surface area contributed by atoms with Crippen molar-refractivity contribution in [1.82, 2.24) is 15.0 Å². The van der Waals surface area contributed by atoms with Crippen LogP contribution in [0.2, 0.25) is 10.0 Å². The number of anilines is 1. The highest BCUT2D eigenvalue weighted by atomic mass is 35.5. The Morgan fingerprint density at radius 1 is 1.31 bits per heavy atom. The van der Waals surface area contributed by atoms with Gasteiger partial charge in [-0.1, -0.05) is 41.5 Å². The van der Waals surface area contributed by atoms with Gasteiger partial charge < -0.3 is 14.6 Å². The van der Waals surface area contributed by atoms with Crippen LogP contribution in [0.1, 0.15) is 52.5 Å². The molecule has 4 rings (SSSR count). The molecule has 1 aliphatic heterocycles. The number of thiazole rings is 1. The first-order valence-corrected chi connectivity index (χ1v) is 12.9. The SMILES string of the molecule is CCOC(=O)c1sc(N2CC[C@@H](CC(=O)c3[nH]c(C)c(Cl)c3Cl)[C@@H](C)C2)nc1-c1ncccc1F. The number of Topliss-reactive ketones (excluding diaryl/α,β-unsaturated/α-hetero) is 1. The average Bonchev–Trinajstić information content (AvgIpc) is 3.38. The molecule has 3 aromatic heterocycles. The molecular formula is C24H25Cl2FN4O3S. The number of aryl methyl sites for hydroxylation is 1. The molecule has 2 atom stereocenters. The summed E-state index contributed by atoms with van der Waals surface area (Å²) in [7, 11) is 0. The van der Waals surface area contributed by atoms with E-state index in [1.165, 1.54) is 29.7 Å². The quantitative estimate of drug-likeness (QED) is 0.284. The molecule has 0 saturated carbocycles. The number of hydrogen-bond acceptors (Lipinski definition) is 7. The van der Waals surface area contributed by atoms with Crippen molar-refractivity contribution in [3.05, 3.63) is 50.5 Å². The molecular weight excluding hydrogens is 514 g/mol. The Bertz CT molecular complexity index is 1260. The lowest BCUT2D eigenvalue weighted by Gasteiger charge is -2.36. The third kappa shape index (κ3) is 5.22. The number of pyridine rings is 1. The molecule has 4 heterocycles. The lowest BCUT2D eigenvalue weighted by atomic mass is 9.83. The Kier molecular flexibility index (Phi) is 7.78. The molecule has 186 valence electrons. The molecule has 11 heteroatoms. The molecule has 0 bridgehead atoms. The van der Waals surface area contributed by atoms with Crippen molar-refractivity contribution in [3.8, 4) is 11.4 Å². The van der Waals surface area contributed by atoms with Crippen LogP contribution in [-0.2, 0) is 4.74 Å². The first-order valence-electron chi connectivity index (χ1n) is 11.3. The van der Waals surface area contributed by atoms with Crippen LogP contribution in [0.15, 0.2) is 18.3 Å². The number of carbonyl (C=O) groups is 2. The predicted molar refractivity (Wildman–Crippen MR) is 135 cm³/mol. The van der Waals surface area contributed by atoms with Gasteiger partial charge in [0.25, 0.3) is 0 Å². The van der Waals surface area contributed by atoms with E-state index in [-0.39, 0.29) is 45.5 Å². The Labute approximate surface area is 216 Å². The summed E-state index contributed by atoms with van der Waals surface area (Å²) >= 11 is 13.5. The molecule has 1 aliphatic rings. The lowest BCUT2D eigenvalue weighted by molar-refractivity contribution is 0.0532. The van der Waals surface area contributed by atoms with Gasteiger partial charge in [0, 0.05) is 31.4 Å². The fraction of sp³-hybridized carbons (Fsp3) is 0.417. The van der Waals surface area contributed by atoms with E-state index in [9.17, 15) is 14.0 Å². The van der Waals surface area contributed by atoms with Gasteiger partial charge in [0.2, 0.25) is 0 Å². The topological polar surface area (TPSA) is 88.2 Å². The van der Waals surface area contributed by atoms with Crippen LogP contribution >= 0.6 is 34.5 Å². The van der Waals surface area contributed by atoms with Crippen molar-refractivity contribution in [3.63, 3.8) is 0 Å². The van der Waals surface area contributed by atoms with Gasteiger partial charge in [0.15, 0.2) is 16.7 Å². The average molecular weight is 539 g/mol. The molecule has 0 radical (unpaired) electrons. The van der Waals surface area contributed by atoms with Gasteiger partial charge in [-0.3, -0.25) is 9.78 Å². The van der Waals surface area contributed by atoms with Crippen LogP contribution in [0, 0.1) is 24.6 Å². The van der Waals surface area contributed by atoms with Crippen molar-refractivity contribution >= 4 is 51.4 Å². The molecule has 1 N–H and O–H groups in total. The summed E-state index contributed by atoms with van der Waals surface area (Å²) in [5, 5.41) is 1.24. The monoisotopic (exact) mass is 538 g/mol. The normalized spacial score (nSPS) is 18.1. The predicted octanol–water partition coefficient (Wildman–Crippen LogP) is 6.20. The van der Waals surface area contributed by atoms with Crippen molar-refractivity contribution in [1.29, 1.82) is 0 Å². The Morgan fingerprint density at radius 3 is 2.71 bits per heavy atom. The maximum atomic E-state index is 14.5. The zero-order valence-corrected chi connectivity index (χ0v) is 21.9. The standard InChI is InChI=1S/C24H25Cl2FN4O3S/c1-4-34-23(33)22-21(19-15(27)6-5-8-28-19)30-24(35-22)31-9-7-14(12(2)11-31)10-16(32)20-18(26)17(25)13(3)29-20/h5-6,8,12,14,29H,4,7,9-11H2,1-3H3/t12-,14-/m0/s1. The highest BCUT2D eigenvalue weighted by Crippen LogP contribution is 2.38. The van der Waals surface area contributed by atoms with E-state index >= 15 is 0 Å². The molecule has 1 fully saturated rings. The molecule has 0 unspecified atom stereocenters. The first kappa shape index (κ1) is 25.6. The number of halogens is 3. The van der Waals surface area contributed by atoms with Crippen LogP contribution in [0.4, 0.5) is 9.52 Å². The van der Waals surface area contributed by atoms with Crippen molar-refractivity contribution in [2.75, 3.05) is 24.6 Å². The molecule has 0 aromatic carbocycles. The molecule has 0 amide bonds. The number of ketones is 1. The van der Waals surface area contributed by atoms with Gasteiger partial charge in [0.05, 0.1) is 16.7 Å². The maximum Gasteiger partial charge on any atom is 0.350 e. The summed E-state index contributed by atoms with van der Waals surface area (Å²) in [5.74, 6) is -0.861. The summed E-state index contributed by atoms with van der Waals surface area (Å²) in [6.45, 7) is 7.04. The molecule has 0 aliphatic carbocycles. The van der Waals surface area contributed by atoms with Crippen LogP contribution in [0.25, 0.3) is 11.4 Å². The highest BCUT2D eigenvalue weighted by molar-refractivity contribution is 7.17. The number of esters is 1. The van der Waals surface area contributed by atoms with Gasteiger partial charge in [0.1, 0.15) is 22.0 Å². The largest absolute Gasteiger partial charge is 0.462 e.